The first-order valence-electron chi connectivity index (χ1n) is 4.35. The molecule has 0 radical (unpaired) electrons. The normalized spacial score (nSPS) is 10.5. The van der Waals surface area contributed by atoms with Gasteiger partial charge in [0, 0.05) is 4.88 Å². The quantitative estimate of drug-likeness (QED) is 0.875. The lowest BCUT2D eigenvalue weighted by atomic mass is 10.3. The fourth-order valence-corrected chi connectivity index (χ4v) is 3.27. The van der Waals surface area contributed by atoms with Crippen molar-refractivity contribution in [3.63, 3.8) is 0 Å². The van der Waals surface area contributed by atoms with Gasteiger partial charge in [0.2, 0.25) is 0 Å². The highest BCUT2D eigenvalue weighted by Crippen LogP contribution is 2.33. The van der Waals surface area contributed by atoms with Crippen LogP contribution >= 0.6 is 22.7 Å². The molecule has 0 aromatic carbocycles. The molecule has 0 saturated heterocycles. The van der Waals surface area contributed by atoms with Crippen LogP contribution in [0.1, 0.15) is 20.9 Å². The molecule has 2 rings (SSSR count). The van der Waals surface area contributed by atoms with E-state index in [1.165, 1.54) is 11.3 Å². The molecule has 0 spiro atoms. The highest BCUT2D eigenvalue weighted by Gasteiger charge is 2.16. The number of carboxylic acid groups (broad SMARTS) is 1. The molecule has 0 saturated carbocycles. The Balaban J connectivity index is 2.52. The van der Waals surface area contributed by atoms with E-state index in [4.69, 9.17) is 5.11 Å². The average Bonchev–Trinajstić information content (AvgIpc) is 2.71. The van der Waals surface area contributed by atoms with Crippen LogP contribution in [0.2, 0.25) is 0 Å². The molecule has 0 bridgehead atoms. The Labute approximate surface area is 95.0 Å². The van der Waals surface area contributed by atoms with E-state index in [-0.39, 0.29) is 5.69 Å². The van der Waals surface area contributed by atoms with E-state index in [2.05, 4.69) is 4.98 Å². The predicted molar refractivity (Wildman–Crippen MR) is 61.9 cm³/mol. The van der Waals surface area contributed by atoms with Crippen molar-refractivity contribution in [1.29, 1.82) is 0 Å². The molecular formula is C10H9NO2S2. The van der Waals surface area contributed by atoms with Crippen LogP contribution in [-0.4, -0.2) is 16.1 Å². The number of hydrogen-bond donors (Lipinski definition) is 1. The summed E-state index contributed by atoms with van der Waals surface area (Å²) in [6.45, 7) is 3.79. The maximum Gasteiger partial charge on any atom is 0.355 e. The fraction of sp³-hybridized carbons (Fsp3) is 0.200. The lowest BCUT2D eigenvalue weighted by Gasteiger charge is -1.91. The summed E-state index contributed by atoms with van der Waals surface area (Å²) < 4.78 is 0. The minimum absolute atomic E-state index is 0.169. The monoisotopic (exact) mass is 239 g/mol. The van der Waals surface area contributed by atoms with E-state index in [1.807, 2.05) is 18.4 Å². The summed E-state index contributed by atoms with van der Waals surface area (Å²) in [4.78, 5) is 16.8. The first-order valence-corrected chi connectivity index (χ1v) is 6.04. The molecule has 0 aliphatic carbocycles. The van der Waals surface area contributed by atoms with Crippen LogP contribution in [0.5, 0.6) is 0 Å². The van der Waals surface area contributed by atoms with Gasteiger partial charge in [0.05, 0.1) is 4.88 Å². The number of nitrogens with zero attached hydrogens (tertiary/aromatic N) is 1. The van der Waals surface area contributed by atoms with Crippen molar-refractivity contribution in [2.75, 3.05) is 0 Å². The molecule has 78 valence electrons. The van der Waals surface area contributed by atoms with E-state index in [1.54, 1.807) is 18.3 Å². The first kappa shape index (κ1) is 10.3. The first-order chi connectivity index (χ1) is 7.09. The Morgan fingerprint density at radius 3 is 2.67 bits per heavy atom. The van der Waals surface area contributed by atoms with Crippen molar-refractivity contribution < 1.29 is 9.90 Å². The van der Waals surface area contributed by atoms with Crippen molar-refractivity contribution in [3.05, 3.63) is 27.6 Å². The third kappa shape index (κ3) is 1.80. The van der Waals surface area contributed by atoms with Gasteiger partial charge < -0.3 is 5.11 Å². The van der Waals surface area contributed by atoms with Gasteiger partial charge in [-0.25, -0.2) is 9.78 Å². The minimum atomic E-state index is -0.954. The van der Waals surface area contributed by atoms with Crippen LogP contribution in [0.15, 0.2) is 11.4 Å². The molecule has 0 aliphatic heterocycles. The zero-order chi connectivity index (χ0) is 11.0. The number of aryl methyl sites for hydroxylation is 2. The van der Waals surface area contributed by atoms with Gasteiger partial charge in [0.25, 0.3) is 0 Å². The number of thiazole rings is 1. The van der Waals surface area contributed by atoms with Crippen molar-refractivity contribution in [2.24, 2.45) is 0 Å². The molecule has 3 nitrogen and oxygen atoms in total. The van der Waals surface area contributed by atoms with Crippen LogP contribution in [0.4, 0.5) is 0 Å². The molecule has 15 heavy (non-hydrogen) atoms. The fourth-order valence-electron chi connectivity index (χ4n) is 1.28. The standard InChI is InChI=1S/C10H9NO2S2/c1-5-3-4-14-8(5)9-11-7(10(12)13)6(2)15-9/h3-4H,1-2H3,(H,12,13). The number of thiophene rings is 1. The summed E-state index contributed by atoms with van der Waals surface area (Å²) >= 11 is 3.02. The van der Waals surface area contributed by atoms with Gasteiger partial charge in [0.15, 0.2) is 5.69 Å². The Bertz CT molecular complexity index is 513. The van der Waals surface area contributed by atoms with Gasteiger partial charge in [-0.05, 0) is 30.9 Å². The number of carboxylic acids is 1. The second-order valence-corrected chi connectivity index (χ2v) is 5.28. The molecule has 2 aromatic heterocycles. The maximum absolute atomic E-state index is 10.8. The molecule has 5 heteroatoms. The minimum Gasteiger partial charge on any atom is -0.476 e. The smallest absolute Gasteiger partial charge is 0.355 e. The van der Waals surface area contributed by atoms with E-state index in [0.29, 0.717) is 0 Å². The highest BCUT2D eigenvalue weighted by atomic mass is 32.1. The van der Waals surface area contributed by atoms with Crippen molar-refractivity contribution >= 4 is 28.6 Å². The summed E-state index contributed by atoms with van der Waals surface area (Å²) in [7, 11) is 0. The zero-order valence-electron chi connectivity index (χ0n) is 8.27. The van der Waals surface area contributed by atoms with Crippen LogP contribution in [0, 0.1) is 13.8 Å². The number of rotatable bonds is 2. The molecule has 0 unspecified atom stereocenters. The third-order valence-corrected chi connectivity index (χ3v) is 4.20. The van der Waals surface area contributed by atoms with Crippen LogP contribution in [0.3, 0.4) is 0 Å². The maximum atomic E-state index is 10.8. The SMILES string of the molecule is Cc1ccsc1-c1nc(C(=O)O)c(C)s1. The Morgan fingerprint density at radius 1 is 1.47 bits per heavy atom. The third-order valence-electron chi connectivity index (χ3n) is 2.06. The topological polar surface area (TPSA) is 50.2 Å². The summed E-state index contributed by atoms with van der Waals surface area (Å²) in [6.07, 6.45) is 0. The van der Waals surface area contributed by atoms with E-state index >= 15 is 0 Å². The number of aromatic carboxylic acids is 1. The largest absolute Gasteiger partial charge is 0.476 e. The Kier molecular flexibility index (Phi) is 2.58. The molecule has 1 N–H and O–H groups in total. The van der Waals surface area contributed by atoms with Gasteiger partial charge in [-0.15, -0.1) is 22.7 Å². The number of carbonyl (C=O) groups is 1. The summed E-state index contributed by atoms with van der Waals surface area (Å²) in [5.74, 6) is -0.954. The predicted octanol–water partition coefficient (Wildman–Crippen LogP) is 3.19. The van der Waals surface area contributed by atoms with Gasteiger partial charge in [-0.2, -0.15) is 0 Å². The molecular weight excluding hydrogens is 230 g/mol. The molecule has 0 fully saturated rings. The van der Waals surface area contributed by atoms with Crippen molar-refractivity contribution in [1.82, 2.24) is 4.98 Å². The van der Waals surface area contributed by atoms with Gasteiger partial charge >= 0.3 is 5.97 Å². The summed E-state index contributed by atoms with van der Waals surface area (Å²) in [5.41, 5.74) is 1.31. The van der Waals surface area contributed by atoms with Crippen LogP contribution in [-0.2, 0) is 0 Å². The molecule has 0 amide bonds. The second-order valence-electron chi connectivity index (χ2n) is 3.16. The lowest BCUT2D eigenvalue weighted by Crippen LogP contribution is -1.98. The van der Waals surface area contributed by atoms with Crippen LogP contribution in [0.25, 0.3) is 9.88 Å². The van der Waals surface area contributed by atoms with Gasteiger partial charge in [-0.3, -0.25) is 0 Å². The summed E-state index contributed by atoms with van der Waals surface area (Å²) in [5, 5.41) is 11.7. The van der Waals surface area contributed by atoms with Crippen molar-refractivity contribution in [3.8, 4) is 9.88 Å². The average molecular weight is 239 g/mol. The van der Waals surface area contributed by atoms with Crippen LogP contribution < -0.4 is 0 Å². The highest BCUT2D eigenvalue weighted by molar-refractivity contribution is 7.21. The lowest BCUT2D eigenvalue weighted by molar-refractivity contribution is 0.0690. The van der Waals surface area contributed by atoms with E-state index in [0.717, 1.165) is 20.3 Å². The summed E-state index contributed by atoms with van der Waals surface area (Å²) in [6, 6.07) is 2.01. The molecule has 2 aromatic rings. The number of aromatic nitrogens is 1. The molecule has 0 aliphatic rings. The zero-order valence-corrected chi connectivity index (χ0v) is 9.91. The van der Waals surface area contributed by atoms with Crippen molar-refractivity contribution in [2.45, 2.75) is 13.8 Å². The second kappa shape index (κ2) is 3.75. The van der Waals surface area contributed by atoms with E-state index < -0.39 is 5.97 Å². The Morgan fingerprint density at radius 2 is 2.20 bits per heavy atom. The molecule has 2 heterocycles. The van der Waals surface area contributed by atoms with Gasteiger partial charge in [-0.1, -0.05) is 0 Å². The molecule has 0 atom stereocenters. The van der Waals surface area contributed by atoms with Gasteiger partial charge in [0.1, 0.15) is 5.01 Å². The van der Waals surface area contributed by atoms with E-state index in [9.17, 15) is 4.79 Å². The Hall–Kier alpha value is -1.20. The number of hydrogen-bond acceptors (Lipinski definition) is 4.